The molecule has 0 unspecified atom stereocenters. The van der Waals surface area contributed by atoms with E-state index in [0.717, 1.165) is 42.0 Å². The van der Waals surface area contributed by atoms with Crippen LogP contribution in [0.25, 0.3) is 0 Å². The molecule has 0 aliphatic carbocycles. The van der Waals surface area contributed by atoms with Crippen molar-refractivity contribution in [1.82, 2.24) is 9.91 Å². The molecule has 0 N–H and O–H groups in total. The van der Waals surface area contributed by atoms with Crippen LogP contribution in [0.4, 0.5) is 0 Å². The molecule has 7 nitrogen and oxygen atoms in total. The van der Waals surface area contributed by atoms with Crippen LogP contribution in [0.3, 0.4) is 0 Å². The second-order valence-corrected chi connectivity index (χ2v) is 8.63. The van der Waals surface area contributed by atoms with E-state index >= 15 is 0 Å². The van der Waals surface area contributed by atoms with Crippen LogP contribution in [0.2, 0.25) is 0 Å². The van der Waals surface area contributed by atoms with Crippen molar-refractivity contribution in [3.8, 4) is 17.2 Å². The Labute approximate surface area is 195 Å². The summed E-state index contributed by atoms with van der Waals surface area (Å²) in [6.45, 7) is 3.50. The Hall–Kier alpha value is -3.06. The first-order valence-electron chi connectivity index (χ1n) is 11.5. The summed E-state index contributed by atoms with van der Waals surface area (Å²) in [4.78, 5) is 15.8. The lowest BCUT2D eigenvalue weighted by atomic mass is 9.97. The van der Waals surface area contributed by atoms with Gasteiger partial charge in [-0.1, -0.05) is 18.6 Å². The molecule has 1 fully saturated rings. The van der Waals surface area contributed by atoms with Crippen molar-refractivity contribution in [2.45, 2.75) is 44.7 Å². The maximum Gasteiger partial charge on any atom is 0.257 e. The van der Waals surface area contributed by atoms with Gasteiger partial charge in [0.1, 0.15) is 17.2 Å². The van der Waals surface area contributed by atoms with Crippen LogP contribution in [0.1, 0.15) is 49.8 Å². The number of carbonyl (C=O) groups excluding carboxylic acids is 1. The van der Waals surface area contributed by atoms with E-state index in [2.05, 4.69) is 11.8 Å². The van der Waals surface area contributed by atoms with Crippen LogP contribution in [0.5, 0.6) is 17.2 Å². The highest BCUT2D eigenvalue weighted by molar-refractivity contribution is 6.05. The average molecular weight is 452 g/mol. The molecule has 2 heterocycles. The predicted octanol–water partition coefficient (Wildman–Crippen LogP) is 4.26. The summed E-state index contributed by atoms with van der Waals surface area (Å²) >= 11 is 0. The highest BCUT2D eigenvalue weighted by Gasteiger charge is 2.36. The minimum atomic E-state index is -0.265. The molecule has 0 saturated carbocycles. The number of carbonyl (C=O) groups is 1. The van der Waals surface area contributed by atoms with Gasteiger partial charge in [-0.2, -0.15) is 5.10 Å². The molecular weight excluding hydrogens is 418 g/mol. The zero-order valence-corrected chi connectivity index (χ0v) is 19.9. The normalized spacial score (nSPS) is 21.0. The smallest absolute Gasteiger partial charge is 0.257 e. The first-order valence-corrected chi connectivity index (χ1v) is 11.5. The standard InChI is InChI=1S/C26H33N3O4/c1-18-9-7-8-14-28(18)17-26(30)29-23(21-13-12-19(31-2)15-25(21)33-4)16-22(27-29)20-10-5-6-11-24(20)32-3/h5-6,10-13,15,18,23H,7-9,14,16-17H2,1-4H3/t18-,23-/m1/s1. The fourth-order valence-corrected chi connectivity index (χ4v) is 4.76. The summed E-state index contributed by atoms with van der Waals surface area (Å²) < 4.78 is 16.6. The van der Waals surface area contributed by atoms with Crippen molar-refractivity contribution in [2.75, 3.05) is 34.4 Å². The van der Waals surface area contributed by atoms with Crippen LogP contribution in [-0.2, 0) is 4.79 Å². The quantitative estimate of drug-likeness (QED) is 0.629. The van der Waals surface area contributed by atoms with Crippen molar-refractivity contribution < 1.29 is 19.0 Å². The average Bonchev–Trinajstić information content (AvgIpc) is 3.30. The van der Waals surface area contributed by atoms with E-state index in [1.54, 1.807) is 26.3 Å². The van der Waals surface area contributed by atoms with Crippen LogP contribution >= 0.6 is 0 Å². The maximum atomic E-state index is 13.6. The van der Waals surface area contributed by atoms with Crippen molar-refractivity contribution in [1.29, 1.82) is 0 Å². The number of ether oxygens (including phenoxy) is 3. The molecule has 0 bridgehead atoms. The number of rotatable bonds is 7. The van der Waals surface area contributed by atoms with E-state index in [0.29, 0.717) is 30.5 Å². The summed E-state index contributed by atoms with van der Waals surface area (Å²) in [7, 11) is 4.91. The van der Waals surface area contributed by atoms with Gasteiger partial charge in [0.2, 0.25) is 0 Å². The summed E-state index contributed by atoms with van der Waals surface area (Å²) in [5.74, 6) is 2.13. The third kappa shape index (κ3) is 4.83. The lowest BCUT2D eigenvalue weighted by Crippen LogP contribution is -2.44. The third-order valence-corrected chi connectivity index (χ3v) is 6.66. The number of hydrogen-bond acceptors (Lipinski definition) is 6. The number of likely N-dealkylation sites (tertiary alicyclic amines) is 1. The molecule has 2 atom stereocenters. The largest absolute Gasteiger partial charge is 0.497 e. The highest BCUT2D eigenvalue weighted by atomic mass is 16.5. The molecule has 2 aliphatic heterocycles. The van der Waals surface area contributed by atoms with Gasteiger partial charge in [0, 0.05) is 29.7 Å². The number of nitrogens with zero attached hydrogens (tertiary/aromatic N) is 3. The Morgan fingerprint density at radius 2 is 1.82 bits per heavy atom. The van der Waals surface area contributed by atoms with Crippen molar-refractivity contribution in [3.63, 3.8) is 0 Å². The molecule has 7 heteroatoms. The molecule has 176 valence electrons. The topological polar surface area (TPSA) is 63.6 Å². The number of hydrogen-bond donors (Lipinski definition) is 0. The van der Waals surface area contributed by atoms with E-state index in [4.69, 9.17) is 19.3 Å². The zero-order valence-electron chi connectivity index (χ0n) is 19.9. The molecule has 1 saturated heterocycles. The van der Waals surface area contributed by atoms with Crippen molar-refractivity contribution in [2.24, 2.45) is 5.10 Å². The van der Waals surface area contributed by atoms with E-state index in [1.807, 2.05) is 42.5 Å². The summed E-state index contributed by atoms with van der Waals surface area (Å²) in [6.07, 6.45) is 4.05. The second-order valence-electron chi connectivity index (χ2n) is 8.63. The van der Waals surface area contributed by atoms with Gasteiger partial charge < -0.3 is 14.2 Å². The molecule has 2 aromatic rings. The first kappa shape index (κ1) is 23.1. The Morgan fingerprint density at radius 1 is 1.03 bits per heavy atom. The van der Waals surface area contributed by atoms with Gasteiger partial charge in [-0.05, 0) is 50.6 Å². The number of benzene rings is 2. The molecule has 1 amide bonds. The predicted molar refractivity (Wildman–Crippen MR) is 128 cm³/mol. The molecule has 0 radical (unpaired) electrons. The highest BCUT2D eigenvalue weighted by Crippen LogP contribution is 2.40. The Balaban J connectivity index is 1.69. The lowest BCUT2D eigenvalue weighted by Gasteiger charge is -2.34. The molecule has 2 aromatic carbocycles. The number of piperidine rings is 1. The fraction of sp³-hybridized carbons (Fsp3) is 0.462. The van der Waals surface area contributed by atoms with E-state index in [1.165, 1.54) is 6.42 Å². The second kappa shape index (κ2) is 10.3. The summed E-state index contributed by atoms with van der Waals surface area (Å²) in [6, 6.07) is 13.6. The molecule has 2 aliphatic rings. The number of methoxy groups -OCH3 is 3. The molecule has 4 rings (SSSR count). The lowest BCUT2D eigenvalue weighted by molar-refractivity contribution is -0.135. The van der Waals surface area contributed by atoms with Crippen molar-refractivity contribution >= 4 is 11.6 Å². The Kier molecular flexibility index (Phi) is 7.18. The van der Waals surface area contributed by atoms with Gasteiger partial charge in [-0.25, -0.2) is 5.01 Å². The minimum Gasteiger partial charge on any atom is -0.497 e. The maximum absolute atomic E-state index is 13.6. The monoisotopic (exact) mass is 451 g/mol. The summed E-state index contributed by atoms with van der Waals surface area (Å²) in [5.41, 5.74) is 2.64. The number of amides is 1. The Bertz CT molecular complexity index is 1020. The van der Waals surface area contributed by atoms with Gasteiger partial charge in [0.25, 0.3) is 5.91 Å². The van der Waals surface area contributed by atoms with E-state index in [9.17, 15) is 4.79 Å². The third-order valence-electron chi connectivity index (χ3n) is 6.66. The minimum absolute atomic E-state index is 0.00322. The van der Waals surface area contributed by atoms with E-state index in [-0.39, 0.29) is 11.9 Å². The van der Waals surface area contributed by atoms with Crippen LogP contribution < -0.4 is 14.2 Å². The van der Waals surface area contributed by atoms with Gasteiger partial charge in [0.15, 0.2) is 0 Å². The molecular formula is C26H33N3O4. The number of para-hydroxylation sites is 1. The molecule has 33 heavy (non-hydrogen) atoms. The van der Waals surface area contributed by atoms with Crippen LogP contribution in [0.15, 0.2) is 47.6 Å². The first-order chi connectivity index (χ1) is 16.0. The fourth-order valence-electron chi connectivity index (χ4n) is 4.76. The van der Waals surface area contributed by atoms with Gasteiger partial charge in [0.05, 0.1) is 39.6 Å². The zero-order chi connectivity index (χ0) is 23.4. The summed E-state index contributed by atoms with van der Waals surface area (Å²) in [5, 5.41) is 6.49. The van der Waals surface area contributed by atoms with E-state index < -0.39 is 0 Å². The van der Waals surface area contributed by atoms with Gasteiger partial charge >= 0.3 is 0 Å². The van der Waals surface area contributed by atoms with Crippen LogP contribution in [0, 0.1) is 0 Å². The number of hydrazone groups is 1. The molecule has 0 spiro atoms. The van der Waals surface area contributed by atoms with Crippen molar-refractivity contribution in [3.05, 3.63) is 53.6 Å². The SMILES string of the molecule is COc1ccc([C@H]2CC(c3ccccc3OC)=NN2C(=O)CN2CCCC[C@H]2C)c(OC)c1. The molecule has 0 aromatic heterocycles. The van der Waals surface area contributed by atoms with Gasteiger partial charge in [-0.15, -0.1) is 0 Å². The Morgan fingerprint density at radius 3 is 2.55 bits per heavy atom. The van der Waals surface area contributed by atoms with Gasteiger partial charge in [-0.3, -0.25) is 9.69 Å². The van der Waals surface area contributed by atoms with Crippen LogP contribution in [-0.4, -0.2) is 62.0 Å².